The van der Waals surface area contributed by atoms with Crippen molar-refractivity contribution < 1.29 is 844 Å². The van der Waals surface area contributed by atoms with Crippen LogP contribution in [0, 0.1) is 0 Å². The van der Waals surface area contributed by atoms with Gasteiger partial charge in [-0.3, -0.25) is 0 Å². The quantitative estimate of drug-likeness (QED) is 0.204. The Hall–Kier alpha value is 23.5. The molecule has 440 valence electrons. The molecule has 0 unspecified atom stereocenters. The summed E-state index contributed by atoms with van der Waals surface area (Å²) in [6, 6.07) is 0. The first-order valence-electron chi connectivity index (χ1n) is 0. The summed E-state index contributed by atoms with van der Waals surface area (Å²) in [5, 5.41) is 0. The van der Waals surface area contributed by atoms with Crippen LogP contribution in [0.3, 0.4) is 0 Å². The molecule has 85 heavy (non-hydrogen) atoms. The SMILES string of the molecule is [Ba+2].[Ba+2].[Ba+2].[Ba+2].[Ba+2].[O-2].[O-2].[O-2].[O-2].[O-2].[O-2].[O-2].[O-2].[O-2].[O-2].[O-2].[O-2].[O-2].[O-2].[O-2].[O-2].[O-2].[O-2].[O-2].[O-2].[O-2].[O-2].[O-2].[O-2].[O-2].[O-2].[O-2].[O-2].[O-2].[O-2].[O-2].[O-2].[O-2].[O-2].[O-2].[O-2].[O-2].[O-2].[O-2].[O-2].[O-2].[O-2].[O-2].[O-2].[O-2].[O-2].[O-2].[O-2].[O-2].[O-2].[O-2].[O-2].[O-2].[O-2].[O-2].[Ti+4].[Ti+4].[Ti+4].[Ti+4].[Ti+4].[Ti+4].[Ti+4].[Ti+4].[Ti+4].[Ti+4].[Ti+4].[Ti+4].[Ti+4].[Ti+4].[Ti+4].[Ti+4].[Ti+4].[Ti+4].[Ti+4].[Ti+4].[Ti+4].[Ti+4].[Ti+4].[Ti+4].[Ti+4]. The predicted molar refractivity (Wildman–Crippen MR) is 66.5 cm³/mol. The smallest absolute Gasteiger partial charge is 2.00 e. The minimum atomic E-state index is 0. The summed E-state index contributed by atoms with van der Waals surface area (Å²) >= 11 is 0. The minimum Gasteiger partial charge on any atom is -2.00 e. The molecule has 0 aromatic heterocycles. The summed E-state index contributed by atoms with van der Waals surface area (Å²) in [4.78, 5) is 0. The number of rotatable bonds is 0. The Morgan fingerprint density at radius 2 is 0.0353 bits per heavy atom. The van der Waals surface area contributed by atoms with Gasteiger partial charge in [-0.25, -0.2) is 0 Å². The first-order valence-corrected chi connectivity index (χ1v) is 0. The molecule has 0 bridgehead atoms. The van der Waals surface area contributed by atoms with Crippen molar-refractivity contribution in [3.8, 4) is 0 Å². The molecule has 0 N–H and O–H groups in total. The third-order valence-corrected chi connectivity index (χ3v) is 0. The molecule has 55 nitrogen and oxygen atoms in total. The van der Waals surface area contributed by atoms with Gasteiger partial charge >= 0.3 is 787 Å². The molecule has 0 heterocycles. The van der Waals surface area contributed by atoms with Crippen molar-refractivity contribution in [3.63, 3.8) is 0 Å². The molecule has 0 aliphatic rings. The Kier molecular flexibility index (Phi) is 58900. The molecule has 85 heteroatoms. The molecule has 0 aliphatic heterocycles. The predicted octanol–water partition coefficient (Wildman–Crippen LogP) is -8.50. The fourth-order valence-corrected chi connectivity index (χ4v) is 0. The standard InChI is InChI=1S/5Ba.55O.25Ti/q5*+2;55*-2;25*+4. The minimum absolute atomic E-state index is 0. The van der Waals surface area contributed by atoms with Crippen molar-refractivity contribution in [3.05, 3.63) is 0 Å². The van der Waals surface area contributed by atoms with E-state index in [9.17, 15) is 0 Å². The Bertz CT molecular complexity index is 99.1. The van der Waals surface area contributed by atoms with Crippen molar-refractivity contribution in [2.75, 3.05) is 0 Å². The van der Waals surface area contributed by atoms with Gasteiger partial charge in [-0.1, -0.05) is 0 Å². The third-order valence-electron chi connectivity index (χ3n) is 0. The maximum Gasteiger partial charge on any atom is 4.00 e. The normalized spacial score (nSPS) is 0. The molecule has 0 aromatic rings. The van der Waals surface area contributed by atoms with Crippen LogP contribution in [-0.4, -0.2) is 244 Å². The average Bonchev–Trinajstić information content (AvgIpc) is 0. The van der Waals surface area contributed by atoms with E-state index in [0.717, 1.165) is 0 Å². The van der Waals surface area contributed by atoms with Gasteiger partial charge in [0.2, 0.25) is 0 Å². The second-order valence-electron chi connectivity index (χ2n) is 0. The summed E-state index contributed by atoms with van der Waals surface area (Å²) in [6.45, 7) is 0. The monoisotopic (exact) mass is 2770 g/mol. The van der Waals surface area contributed by atoms with Crippen LogP contribution in [0.1, 0.15) is 0 Å². The van der Waals surface area contributed by atoms with Crippen LogP contribution in [0.15, 0.2) is 0 Å². The summed E-state index contributed by atoms with van der Waals surface area (Å²) < 4.78 is 0. The van der Waals surface area contributed by atoms with Gasteiger partial charge in [0.25, 0.3) is 0 Å². The van der Waals surface area contributed by atoms with E-state index < -0.39 is 0 Å². The van der Waals surface area contributed by atoms with Crippen molar-refractivity contribution in [2.24, 2.45) is 0 Å². The van der Waals surface area contributed by atoms with Crippen LogP contribution in [-0.2, 0) is 844 Å². The first kappa shape index (κ1) is 2270. The average molecular weight is 2760 g/mol. The molecule has 0 rings (SSSR count). The summed E-state index contributed by atoms with van der Waals surface area (Å²) in [6.07, 6.45) is 0. The summed E-state index contributed by atoms with van der Waals surface area (Å²) in [5.74, 6) is 0. The molecular weight excluding hydrogens is 2760 g/mol. The molecule has 0 saturated heterocycles. The molecule has 0 aromatic carbocycles. The number of hydrogen-bond acceptors (Lipinski definition) is 0. The van der Waals surface area contributed by atoms with E-state index in [2.05, 4.69) is 0 Å². The van der Waals surface area contributed by atoms with Crippen LogP contribution >= 0.6 is 0 Å². The molecule has 0 spiro atoms. The van der Waals surface area contributed by atoms with Gasteiger partial charge in [-0.15, -0.1) is 0 Å². The van der Waals surface area contributed by atoms with E-state index in [1.54, 1.807) is 0 Å². The zero-order valence-electron chi connectivity index (χ0n) is 38.5. The van der Waals surface area contributed by atoms with E-state index in [0.29, 0.717) is 0 Å². The Morgan fingerprint density at radius 3 is 0.0353 bits per heavy atom. The van der Waals surface area contributed by atoms with E-state index in [1.165, 1.54) is 0 Å². The second-order valence-corrected chi connectivity index (χ2v) is 0. The van der Waals surface area contributed by atoms with Crippen LogP contribution in [0.2, 0.25) is 0 Å². The Labute approximate surface area is 1060 Å². The van der Waals surface area contributed by atoms with Crippen LogP contribution in [0.25, 0.3) is 0 Å². The van der Waals surface area contributed by atoms with Crippen molar-refractivity contribution in [2.45, 2.75) is 0 Å². The van der Waals surface area contributed by atoms with E-state index in [1.807, 2.05) is 0 Å². The zero-order valence-corrected chi connectivity index (χ0v) is 99.7. The van der Waals surface area contributed by atoms with Gasteiger partial charge in [0.05, 0.1) is 0 Å². The maximum absolute atomic E-state index is 0. The van der Waals surface area contributed by atoms with Gasteiger partial charge in [0.15, 0.2) is 0 Å². The fraction of sp³-hybridized carbons (Fsp3) is 0. The van der Waals surface area contributed by atoms with E-state index in [4.69, 9.17) is 0 Å². The molecule has 0 amide bonds. The molecule has 0 fully saturated rings. The van der Waals surface area contributed by atoms with Gasteiger partial charge in [0.1, 0.15) is 0 Å². The van der Waals surface area contributed by atoms with Crippen LogP contribution in [0.5, 0.6) is 0 Å². The zero-order chi connectivity index (χ0) is 0. The molecule has 0 aliphatic carbocycles. The largest absolute Gasteiger partial charge is 4.00 e. The maximum atomic E-state index is 0. The molecule has 0 radical (unpaired) electrons. The Morgan fingerprint density at radius 1 is 0.0353 bits per heavy atom. The molecule has 0 atom stereocenters. The topological polar surface area (TPSA) is 1570 Å². The van der Waals surface area contributed by atoms with Gasteiger partial charge in [-0.2, -0.15) is 0 Å². The molecule has 0 saturated carbocycles. The summed E-state index contributed by atoms with van der Waals surface area (Å²) in [5.41, 5.74) is 0. The van der Waals surface area contributed by atoms with Crippen molar-refractivity contribution >= 4 is 244 Å². The van der Waals surface area contributed by atoms with Crippen LogP contribution < -0.4 is 0 Å². The van der Waals surface area contributed by atoms with Crippen LogP contribution in [0.4, 0.5) is 0 Å². The van der Waals surface area contributed by atoms with E-state index >= 15 is 0 Å². The number of hydrogen-bond donors (Lipinski definition) is 0. The second kappa shape index (κ2) is 2210. The fourth-order valence-electron chi connectivity index (χ4n) is 0. The van der Waals surface area contributed by atoms with Crippen molar-refractivity contribution in [1.29, 1.82) is 0 Å². The Balaban J connectivity index is 0. The third kappa shape index (κ3) is 2160. The van der Waals surface area contributed by atoms with Crippen molar-refractivity contribution in [1.82, 2.24) is 0 Å². The summed E-state index contributed by atoms with van der Waals surface area (Å²) in [7, 11) is 0. The molecular formula is Ba5O55Ti25. The van der Waals surface area contributed by atoms with Gasteiger partial charge < -0.3 is 301 Å². The van der Waals surface area contributed by atoms with E-state index in [-0.39, 0.29) is 1090 Å². The van der Waals surface area contributed by atoms with Gasteiger partial charge in [-0.05, 0) is 0 Å². The first-order chi connectivity index (χ1) is 0. The van der Waals surface area contributed by atoms with Gasteiger partial charge in [0, 0.05) is 0 Å².